The second kappa shape index (κ2) is 8.93. The highest BCUT2D eigenvalue weighted by atomic mass is 16.6. The molecule has 0 bridgehead atoms. The number of hydrogen-bond acceptors (Lipinski definition) is 6. The molecule has 0 saturated heterocycles. The number of amides is 2. The molecule has 3 aromatic rings. The highest BCUT2D eigenvalue weighted by Gasteiger charge is 2.33. The number of hydrogen-bond donors (Lipinski definition) is 3. The molecule has 0 unspecified atom stereocenters. The first kappa shape index (κ1) is 21.1. The Kier molecular flexibility index (Phi) is 5.89. The minimum Gasteiger partial charge on any atom is -0.450 e. The number of carbonyl (C=O) groups is 3. The third kappa shape index (κ3) is 4.31. The minimum absolute atomic E-state index is 0.0694. The molecular formula is C23H23N5O4. The quantitative estimate of drug-likeness (QED) is 0.561. The van der Waals surface area contributed by atoms with Crippen LogP contribution < -0.4 is 10.6 Å². The number of Topliss-reactive ketones (excluding diaryl/α,β-unsaturated/α-hetero) is 1. The van der Waals surface area contributed by atoms with Gasteiger partial charge in [0.25, 0.3) is 0 Å². The van der Waals surface area contributed by atoms with Crippen LogP contribution in [0.3, 0.4) is 0 Å². The van der Waals surface area contributed by atoms with Crippen molar-refractivity contribution in [1.82, 2.24) is 14.9 Å². The van der Waals surface area contributed by atoms with Gasteiger partial charge in [-0.2, -0.15) is 0 Å². The van der Waals surface area contributed by atoms with E-state index in [2.05, 4.69) is 20.6 Å². The van der Waals surface area contributed by atoms with Gasteiger partial charge in [-0.25, -0.2) is 9.78 Å². The maximum atomic E-state index is 13.1. The molecular weight excluding hydrogens is 410 g/mol. The lowest BCUT2D eigenvalue weighted by Crippen LogP contribution is -2.39. The molecule has 3 heterocycles. The van der Waals surface area contributed by atoms with E-state index in [1.54, 1.807) is 25.3 Å². The molecule has 0 atom stereocenters. The predicted octanol–water partition coefficient (Wildman–Crippen LogP) is 3.93. The van der Waals surface area contributed by atoms with Crippen LogP contribution in [0.1, 0.15) is 29.9 Å². The number of anilines is 3. The van der Waals surface area contributed by atoms with Crippen LogP contribution in [0.25, 0.3) is 11.3 Å². The zero-order valence-electron chi connectivity index (χ0n) is 17.8. The van der Waals surface area contributed by atoms with Gasteiger partial charge in [0.05, 0.1) is 36.6 Å². The number of pyridine rings is 1. The summed E-state index contributed by atoms with van der Waals surface area (Å²) in [6.07, 6.45) is 1.05. The van der Waals surface area contributed by atoms with Crippen LogP contribution in [0.2, 0.25) is 0 Å². The van der Waals surface area contributed by atoms with E-state index in [0.29, 0.717) is 28.5 Å². The number of benzene rings is 1. The molecule has 1 aromatic carbocycles. The van der Waals surface area contributed by atoms with Crippen molar-refractivity contribution >= 4 is 35.0 Å². The van der Waals surface area contributed by atoms with E-state index in [9.17, 15) is 14.4 Å². The van der Waals surface area contributed by atoms with Gasteiger partial charge in [0.1, 0.15) is 5.82 Å². The normalized spacial score (nSPS) is 12.8. The Labute approximate surface area is 184 Å². The lowest BCUT2D eigenvalue weighted by molar-refractivity contribution is -0.114. The lowest BCUT2D eigenvalue weighted by atomic mass is 10.0. The van der Waals surface area contributed by atoms with E-state index in [1.807, 2.05) is 30.3 Å². The summed E-state index contributed by atoms with van der Waals surface area (Å²) in [7, 11) is 0. The molecule has 1 aliphatic rings. The Balaban J connectivity index is 1.80. The summed E-state index contributed by atoms with van der Waals surface area (Å²) in [4.78, 5) is 45.6. The number of para-hydroxylation sites is 1. The maximum absolute atomic E-state index is 13.1. The van der Waals surface area contributed by atoms with Crippen molar-refractivity contribution in [1.29, 1.82) is 0 Å². The van der Waals surface area contributed by atoms with Gasteiger partial charge in [0.15, 0.2) is 5.78 Å². The minimum atomic E-state index is -0.530. The highest BCUT2D eigenvalue weighted by molar-refractivity contribution is 6.09. The van der Waals surface area contributed by atoms with Crippen LogP contribution in [0.4, 0.5) is 22.0 Å². The number of H-pyrrole nitrogens is 1. The van der Waals surface area contributed by atoms with Crippen molar-refractivity contribution in [3.63, 3.8) is 0 Å². The van der Waals surface area contributed by atoms with Gasteiger partial charge in [-0.1, -0.05) is 18.2 Å². The van der Waals surface area contributed by atoms with Crippen molar-refractivity contribution < 1.29 is 19.1 Å². The topological polar surface area (TPSA) is 116 Å². The molecule has 0 radical (unpaired) electrons. The molecule has 4 rings (SSSR count). The van der Waals surface area contributed by atoms with E-state index < -0.39 is 6.09 Å². The van der Waals surface area contributed by atoms with Gasteiger partial charge in [-0.05, 0) is 31.2 Å². The van der Waals surface area contributed by atoms with Crippen molar-refractivity contribution in [2.45, 2.75) is 20.4 Å². The molecule has 32 heavy (non-hydrogen) atoms. The van der Waals surface area contributed by atoms with Crippen molar-refractivity contribution in [2.24, 2.45) is 0 Å². The Bertz CT molecular complexity index is 1170. The summed E-state index contributed by atoms with van der Waals surface area (Å²) in [6, 6.07) is 13.0. The fourth-order valence-electron chi connectivity index (χ4n) is 3.66. The predicted molar refractivity (Wildman–Crippen MR) is 120 cm³/mol. The average molecular weight is 433 g/mol. The van der Waals surface area contributed by atoms with Crippen LogP contribution in [-0.4, -0.2) is 45.8 Å². The Morgan fingerprint density at radius 1 is 1.19 bits per heavy atom. The molecule has 0 spiro atoms. The van der Waals surface area contributed by atoms with Crippen molar-refractivity contribution in [2.75, 3.05) is 23.8 Å². The number of nitrogens with zero attached hydrogens (tertiary/aromatic N) is 2. The third-order valence-corrected chi connectivity index (χ3v) is 4.96. The summed E-state index contributed by atoms with van der Waals surface area (Å²) in [5, 5.41) is 6.01. The van der Waals surface area contributed by atoms with E-state index >= 15 is 0 Å². The number of carbonyl (C=O) groups excluding carboxylic acids is 3. The Hall–Kier alpha value is -4.14. The molecule has 3 N–H and O–H groups in total. The summed E-state index contributed by atoms with van der Waals surface area (Å²) in [5.41, 5.74) is 3.92. The van der Waals surface area contributed by atoms with E-state index in [1.165, 1.54) is 11.8 Å². The molecule has 164 valence electrons. The molecule has 0 fully saturated rings. The molecule has 1 aliphatic heterocycles. The first-order valence-corrected chi connectivity index (χ1v) is 10.2. The van der Waals surface area contributed by atoms with E-state index in [0.717, 1.165) is 11.3 Å². The SMILES string of the molecule is CCOC(=O)N1CC(=O)c2c([nH]c(-c3ccnc(NC(C)=O)c3)c2Nc2ccccc2)C1. The monoisotopic (exact) mass is 433 g/mol. The van der Waals surface area contributed by atoms with Crippen LogP contribution in [0.5, 0.6) is 0 Å². The molecule has 0 saturated carbocycles. The Morgan fingerprint density at radius 3 is 2.69 bits per heavy atom. The van der Waals surface area contributed by atoms with Crippen LogP contribution >= 0.6 is 0 Å². The summed E-state index contributed by atoms with van der Waals surface area (Å²) in [6.45, 7) is 3.51. The van der Waals surface area contributed by atoms with E-state index in [-0.39, 0.29) is 31.4 Å². The third-order valence-electron chi connectivity index (χ3n) is 4.96. The molecule has 9 nitrogen and oxygen atoms in total. The number of ketones is 1. The zero-order valence-corrected chi connectivity index (χ0v) is 17.8. The number of ether oxygens (including phenoxy) is 1. The second-order valence-electron chi connectivity index (χ2n) is 7.31. The summed E-state index contributed by atoms with van der Waals surface area (Å²) in [5.74, 6) is -0.0348. The van der Waals surface area contributed by atoms with Crippen molar-refractivity contribution in [3.05, 3.63) is 59.9 Å². The zero-order chi connectivity index (χ0) is 22.7. The first-order chi connectivity index (χ1) is 15.5. The van der Waals surface area contributed by atoms with Gasteiger partial charge in [0, 0.05) is 30.1 Å². The van der Waals surface area contributed by atoms with Gasteiger partial charge >= 0.3 is 6.09 Å². The molecule has 2 amide bonds. The van der Waals surface area contributed by atoms with Gasteiger partial charge in [-0.3, -0.25) is 14.5 Å². The smallest absolute Gasteiger partial charge is 0.410 e. The van der Waals surface area contributed by atoms with Crippen LogP contribution in [-0.2, 0) is 16.1 Å². The highest BCUT2D eigenvalue weighted by Crippen LogP contribution is 2.38. The maximum Gasteiger partial charge on any atom is 0.410 e. The fraction of sp³-hybridized carbons (Fsp3) is 0.217. The first-order valence-electron chi connectivity index (χ1n) is 10.2. The number of nitrogens with one attached hydrogen (secondary N) is 3. The largest absolute Gasteiger partial charge is 0.450 e. The van der Waals surface area contributed by atoms with E-state index in [4.69, 9.17) is 4.74 Å². The number of aromatic amines is 1. The molecule has 0 aliphatic carbocycles. The number of rotatable bonds is 5. The lowest BCUT2D eigenvalue weighted by Gasteiger charge is -2.25. The van der Waals surface area contributed by atoms with Gasteiger partial charge in [0.2, 0.25) is 5.91 Å². The van der Waals surface area contributed by atoms with Gasteiger partial charge in [-0.15, -0.1) is 0 Å². The summed E-state index contributed by atoms with van der Waals surface area (Å²) >= 11 is 0. The average Bonchev–Trinajstić information content (AvgIpc) is 3.13. The molecule has 2 aromatic heterocycles. The number of aromatic nitrogens is 2. The fourth-order valence-corrected chi connectivity index (χ4v) is 3.66. The number of fused-ring (bicyclic) bond motifs is 1. The van der Waals surface area contributed by atoms with Gasteiger partial charge < -0.3 is 20.4 Å². The summed E-state index contributed by atoms with van der Waals surface area (Å²) < 4.78 is 5.07. The van der Waals surface area contributed by atoms with Crippen LogP contribution in [0.15, 0.2) is 48.7 Å². The van der Waals surface area contributed by atoms with Crippen LogP contribution in [0, 0.1) is 0 Å². The second-order valence-corrected chi connectivity index (χ2v) is 7.31. The Morgan fingerprint density at radius 2 is 1.97 bits per heavy atom. The molecule has 9 heteroatoms. The van der Waals surface area contributed by atoms with Crippen molar-refractivity contribution in [3.8, 4) is 11.3 Å². The standard InChI is InChI=1S/C23H23N5O4/c1-3-32-23(31)28-12-17-20(18(30)13-28)22(26-16-7-5-4-6-8-16)21(27-17)15-9-10-24-19(11-15)25-14(2)29/h4-11,26-27H,3,12-13H2,1-2H3,(H,24,25,29).